The Morgan fingerprint density at radius 2 is 2.11 bits per heavy atom. The molecule has 3 aromatic rings. The number of nitrogen functional groups attached to an aromatic ring is 1. The fourth-order valence-corrected chi connectivity index (χ4v) is 1.84. The van der Waals surface area contributed by atoms with Gasteiger partial charge in [0.1, 0.15) is 23.5 Å². The summed E-state index contributed by atoms with van der Waals surface area (Å²) in [5.41, 5.74) is 7.37. The largest absolute Gasteiger partial charge is 0.464 e. The van der Waals surface area contributed by atoms with Crippen molar-refractivity contribution in [2.75, 3.05) is 5.73 Å². The van der Waals surface area contributed by atoms with Crippen molar-refractivity contribution in [2.24, 2.45) is 0 Å². The Labute approximate surface area is 102 Å². The van der Waals surface area contributed by atoms with Gasteiger partial charge in [0.15, 0.2) is 0 Å². The summed E-state index contributed by atoms with van der Waals surface area (Å²) >= 11 is 0. The van der Waals surface area contributed by atoms with Crippen molar-refractivity contribution < 1.29 is 4.42 Å². The average molecular weight is 241 g/mol. The molecule has 0 aliphatic carbocycles. The van der Waals surface area contributed by atoms with Gasteiger partial charge in [-0.25, -0.2) is 4.98 Å². The summed E-state index contributed by atoms with van der Waals surface area (Å²) in [6.07, 6.45) is 1.57. The van der Waals surface area contributed by atoms with Crippen LogP contribution in [0.2, 0.25) is 0 Å². The van der Waals surface area contributed by atoms with Crippen LogP contribution in [0, 0.1) is 6.92 Å². The van der Waals surface area contributed by atoms with Gasteiger partial charge >= 0.3 is 0 Å². The molecule has 2 aromatic heterocycles. The van der Waals surface area contributed by atoms with Crippen LogP contribution in [0.15, 0.2) is 39.7 Å². The lowest BCUT2D eigenvalue weighted by molar-refractivity contribution is 0.616. The van der Waals surface area contributed by atoms with E-state index in [2.05, 4.69) is 9.97 Å². The number of para-hydroxylation sites is 1. The third-order valence-corrected chi connectivity index (χ3v) is 2.93. The molecular weight excluding hydrogens is 230 g/mol. The van der Waals surface area contributed by atoms with Gasteiger partial charge in [0.2, 0.25) is 0 Å². The Morgan fingerprint density at radius 1 is 1.33 bits per heavy atom. The normalized spacial score (nSPS) is 10.9. The lowest BCUT2D eigenvalue weighted by Gasteiger charge is -2.02. The van der Waals surface area contributed by atoms with Gasteiger partial charge in [-0.05, 0) is 13.0 Å². The van der Waals surface area contributed by atoms with E-state index in [1.165, 1.54) is 0 Å². The smallest absolute Gasteiger partial charge is 0.256 e. The molecule has 0 radical (unpaired) electrons. The van der Waals surface area contributed by atoms with E-state index >= 15 is 0 Å². The molecule has 90 valence electrons. The van der Waals surface area contributed by atoms with Gasteiger partial charge in [-0.1, -0.05) is 18.2 Å². The molecule has 5 heteroatoms. The second-order valence-electron chi connectivity index (χ2n) is 4.07. The maximum Gasteiger partial charge on any atom is 0.256 e. The van der Waals surface area contributed by atoms with Crippen molar-refractivity contribution >= 4 is 16.8 Å². The maximum absolute atomic E-state index is 11.7. The van der Waals surface area contributed by atoms with Crippen LogP contribution < -0.4 is 11.3 Å². The van der Waals surface area contributed by atoms with Crippen LogP contribution in [-0.4, -0.2) is 9.97 Å². The molecule has 0 saturated carbocycles. The number of fused-ring (bicyclic) bond motifs is 1. The first-order valence-electron chi connectivity index (χ1n) is 5.50. The molecule has 3 N–H and O–H groups in total. The number of furan rings is 1. The van der Waals surface area contributed by atoms with Crippen molar-refractivity contribution in [1.29, 1.82) is 0 Å². The zero-order chi connectivity index (χ0) is 12.7. The van der Waals surface area contributed by atoms with Gasteiger partial charge in [0.05, 0.1) is 11.1 Å². The predicted molar refractivity (Wildman–Crippen MR) is 69.2 cm³/mol. The van der Waals surface area contributed by atoms with Gasteiger partial charge < -0.3 is 15.1 Å². The van der Waals surface area contributed by atoms with E-state index in [-0.39, 0.29) is 11.4 Å². The zero-order valence-corrected chi connectivity index (χ0v) is 9.73. The molecule has 18 heavy (non-hydrogen) atoms. The van der Waals surface area contributed by atoms with Crippen molar-refractivity contribution in [3.63, 3.8) is 0 Å². The van der Waals surface area contributed by atoms with Gasteiger partial charge in [-0.2, -0.15) is 0 Å². The third kappa shape index (κ3) is 1.48. The minimum absolute atomic E-state index is 0.234. The second kappa shape index (κ2) is 3.73. The highest BCUT2D eigenvalue weighted by Gasteiger charge is 2.12. The monoisotopic (exact) mass is 241 g/mol. The van der Waals surface area contributed by atoms with Crippen LogP contribution >= 0.6 is 0 Å². The van der Waals surface area contributed by atoms with Crippen LogP contribution in [0.25, 0.3) is 22.4 Å². The molecule has 0 aliphatic heterocycles. The number of rotatable bonds is 1. The van der Waals surface area contributed by atoms with E-state index in [9.17, 15) is 4.79 Å². The number of hydrogen-bond acceptors (Lipinski definition) is 4. The highest BCUT2D eigenvalue weighted by molar-refractivity contribution is 5.92. The van der Waals surface area contributed by atoms with Crippen LogP contribution in [-0.2, 0) is 0 Å². The quantitative estimate of drug-likeness (QED) is 0.683. The van der Waals surface area contributed by atoms with Crippen LogP contribution in [0.5, 0.6) is 0 Å². The average Bonchev–Trinajstić information content (AvgIpc) is 2.79. The molecule has 0 atom stereocenters. The summed E-state index contributed by atoms with van der Waals surface area (Å²) in [6.45, 7) is 1.64. The number of aromatic amines is 1. The molecule has 0 bridgehead atoms. The molecule has 0 aliphatic rings. The highest BCUT2D eigenvalue weighted by atomic mass is 16.3. The molecule has 3 rings (SSSR count). The van der Waals surface area contributed by atoms with Crippen molar-refractivity contribution in [2.45, 2.75) is 6.92 Å². The minimum Gasteiger partial charge on any atom is -0.464 e. The fraction of sp³-hybridized carbons (Fsp3) is 0.0769. The van der Waals surface area contributed by atoms with Gasteiger partial charge in [0, 0.05) is 5.39 Å². The van der Waals surface area contributed by atoms with Crippen molar-refractivity contribution in [1.82, 2.24) is 9.97 Å². The number of benzene rings is 1. The Hall–Kier alpha value is -2.56. The van der Waals surface area contributed by atoms with E-state index in [0.29, 0.717) is 11.4 Å². The second-order valence-corrected chi connectivity index (χ2v) is 4.07. The first-order valence-corrected chi connectivity index (χ1v) is 5.50. The van der Waals surface area contributed by atoms with Crippen LogP contribution in [0.1, 0.15) is 5.56 Å². The van der Waals surface area contributed by atoms with E-state index < -0.39 is 0 Å². The summed E-state index contributed by atoms with van der Waals surface area (Å²) in [5, 5.41) is 0.893. The molecule has 1 aromatic carbocycles. The summed E-state index contributed by atoms with van der Waals surface area (Å²) < 4.78 is 5.41. The van der Waals surface area contributed by atoms with Crippen molar-refractivity contribution in [3.8, 4) is 11.4 Å². The first kappa shape index (κ1) is 10.6. The lowest BCUT2D eigenvalue weighted by atomic mass is 10.1. The lowest BCUT2D eigenvalue weighted by Crippen LogP contribution is -2.15. The number of aromatic nitrogens is 2. The first-order chi connectivity index (χ1) is 8.66. The highest BCUT2D eigenvalue weighted by Crippen LogP contribution is 2.27. The number of nitrogens with zero attached hydrogens (tertiary/aromatic N) is 1. The fourth-order valence-electron chi connectivity index (χ4n) is 1.84. The molecule has 2 heterocycles. The maximum atomic E-state index is 11.7. The molecule has 0 spiro atoms. The summed E-state index contributed by atoms with van der Waals surface area (Å²) in [6, 6.07) is 7.55. The Morgan fingerprint density at radius 3 is 2.89 bits per heavy atom. The number of hydrogen-bond donors (Lipinski definition) is 2. The van der Waals surface area contributed by atoms with E-state index in [4.69, 9.17) is 10.2 Å². The van der Waals surface area contributed by atoms with E-state index in [1.807, 2.05) is 24.3 Å². The molecular formula is C13H11N3O2. The van der Waals surface area contributed by atoms with Crippen molar-refractivity contribution in [3.05, 3.63) is 46.4 Å². The molecule has 0 saturated heterocycles. The van der Waals surface area contributed by atoms with Crippen LogP contribution in [0.3, 0.4) is 0 Å². The molecule has 0 amide bonds. The van der Waals surface area contributed by atoms with E-state index in [1.54, 1.807) is 13.2 Å². The Bertz CT molecular complexity index is 786. The number of H-pyrrole nitrogens is 1. The summed E-state index contributed by atoms with van der Waals surface area (Å²) in [5.74, 6) is 0.659. The molecule has 5 nitrogen and oxygen atoms in total. The van der Waals surface area contributed by atoms with Gasteiger partial charge in [-0.15, -0.1) is 0 Å². The molecule has 0 fully saturated rings. The SMILES string of the molecule is Cc1c(N)nc(-c2coc3ccccc23)[nH]c1=O. The summed E-state index contributed by atoms with van der Waals surface area (Å²) in [7, 11) is 0. The van der Waals surface area contributed by atoms with Gasteiger partial charge in [0.25, 0.3) is 5.56 Å². The minimum atomic E-state index is -0.234. The number of anilines is 1. The zero-order valence-electron chi connectivity index (χ0n) is 9.73. The Kier molecular flexibility index (Phi) is 2.19. The topological polar surface area (TPSA) is 84.9 Å². The van der Waals surface area contributed by atoms with E-state index in [0.717, 1.165) is 16.5 Å². The predicted octanol–water partition coefficient (Wildman–Crippen LogP) is 2.07. The number of nitrogens with two attached hydrogens (primary N) is 1. The van der Waals surface area contributed by atoms with Gasteiger partial charge in [-0.3, -0.25) is 4.79 Å². The standard InChI is InChI=1S/C13H11N3O2/c1-7-11(14)15-12(16-13(7)17)9-6-18-10-5-3-2-4-8(9)10/h2-6H,1H3,(H3,14,15,16,17). The molecule has 0 unspecified atom stereocenters. The van der Waals surface area contributed by atoms with Crippen LogP contribution in [0.4, 0.5) is 5.82 Å². The Balaban J connectivity index is 2.30. The third-order valence-electron chi connectivity index (χ3n) is 2.93. The summed E-state index contributed by atoms with van der Waals surface area (Å²) in [4.78, 5) is 18.6. The number of nitrogens with one attached hydrogen (secondary N) is 1.